The molecule has 0 aromatic carbocycles. The molecule has 0 aromatic heterocycles. The molecule has 6 nitrogen and oxygen atoms in total. The first-order valence-corrected chi connectivity index (χ1v) is 1.22. The minimum absolute atomic E-state index is 0. The molecule has 0 aliphatic rings. The summed E-state index contributed by atoms with van der Waals surface area (Å²) in [6, 6.07) is 0. The first-order chi connectivity index (χ1) is 3.46. The van der Waals surface area contributed by atoms with Gasteiger partial charge < -0.3 is 30.0 Å². The Hall–Kier alpha value is -0.200. The van der Waals surface area contributed by atoms with Gasteiger partial charge in [-0.3, -0.25) is 0 Å². The first-order valence-electron chi connectivity index (χ1n) is 1.22. The van der Waals surface area contributed by atoms with Crippen molar-refractivity contribution < 1.29 is 32.9 Å². The van der Waals surface area contributed by atoms with Crippen molar-refractivity contribution in [2.75, 3.05) is 0 Å². The second-order valence-corrected chi connectivity index (χ2v) is 0.500. The maximum absolute atomic E-state index is 8.33. The Labute approximate surface area is 82.7 Å². The van der Waals surface area contributed by atoms with E-state index >= 15 is 0 Å². The second kappa shape index (κ2) is 10.7. The van der Waals surface area contributed by atoms with Gasteiger partial charge in [0.2, 0.25) is 0 Å². The SMILES string of the molecule is O=C([O-])[O-].O=C([O-])[O-].[2H+].[2H+].[Ca+2]. The molecule has 0 bridgehead atoms. The van der Waals surface area contributed by atoms with E-state index in [4.69, 9.17) is 30.0 Å². The van der Waals surface area contributed by atoms with Gasteiger partial charge in [0.05, 0.1) is 0 Å². The minimum atomic E-state index is -2.33. The van der Waals surface area contributed by atoms with E-state index in [-0.39, 0.29) is 40.6 Å². The molecular weight excluding hydrogens is 160 g/mol. The monoisotopic (exact) mass is 164 g/mol. The van der Waals surface area contributed by atoms with Crippen LogP contribution in [0.5, 0.6) is 0 Å². The minimum Gasteiger partial charge on any atom is -0.652 e. The molecule has 0 heterocycles. The van der Waals surface area contributed by atoms with Crippen molar-refractivity contribution in [1.29, 1.82) is 0 Å². The molecule has 0 radical (unpaired) electrons. The van der Waals surface area contributed by atoms with Gasteiger partial charge in [0.1, 0.15) is 0 Å². The Morgan fingerprint density at radius 3 is 0.889 bits per heavy atom. The third-order valence-electron chi connectivity index (χ3n) is 0. The molecule has 9 heavy (non-hydrogen) atoms. The van der Waals surface area contributed by atoms with Crippen LogP contribution in [0.25, 0.3) is 0 Å². The van der Waals surface area contributed by atoms with Crippen LogP contribution in [-0.2, 0) is 0 Å². The zero-order chi connectivity index (χ0) is 7.15. The van der Waals surface area contributed by atoms with Gasteiger partial charge >= 0.3 is 40.6 Å². The van der Waals surface area contributed by atoms with Crippen LogP contribution in [0, 0.1) is 0 Å². The summed E-state index contributed by atoms with van der Waals surface area (Å²) in [6.07, 6.45) is -4.67. The quantitative estimate of drug-likeness (QED) is 0.330. The van der Waals surface area contributed by atoms with E-state index in [9.17, 15) is 0 Å². The zero-order valence-electron chi connectivity index (χ0n) is 6.16. The third-order valence-corrected chi connectivity index (χ3v) is 0. The molecule has 0 aliphatic heterocycles. The summed E-state index contributed by atoms with van der Waals surface area (Å²) in [5, 5.41) is 33.3. The number of rotatable bonds is 0. The van der Waals surface area contributed by atoms with Crippen molar-refractivity contribution in [2.45, 2.75) is 0 Å². The average Bonchev–Trinajstić information content (AvgIpc) is 1.25. The van der Waals surface area contributed by atoms with Crippen molar-refractivity contribution in [3.05, 3.63) is 0 Å². The third kappa shape index (κ3) is 6540. The molecule has 0 saturated heterocycles. The van der Waals surface area contributed by atoms with Crippen LogP contribution < -0.4 is 20.4 Å². The fourth-order valence-corrected chi connectivity index (χ4v) is 0. The van der Waals surface area contributed by atoms with Gasteiger partial charge in [-0.1, -0.05) is 0 Å². The van der Waals surface area contributed by atoms with E-state index < -0.39 is 12.3 Å². The van der Waals surface area contributed by atoms with Crippen LogP contribution in [0.15, 0.2) is 0 Å². The van der Waals surface area contributed by atoms with E-state index in [2.05, 4.69) is 0 Å². The van der Waals surface area contributed by atoms with Crippen molar-refractivity contribution in [3.63, 3.8) is 0 Å². The molecule has 0 aromatic rings. The van der Waals surface area contributed by atoms with E-state index in [0.29, 0.717) is 0 Å². The van der Waals surface area contributed by atoms with Crippen LogP contribution in [0.4, 0.5) is 9.59 Å². The van der Waals surface area contributed by atoms with Gasteiger partial charge in [0.15, 0.2) is 0 Å². The Bertz CT molecular complexity index is 76.6. The molecule has 48 valence electrons. The van der Waals surface area contributed by atoms with E-state index in [1.807, 2.05) is 0 Å². The number of carboxylic acid groups (broad SMARTS) is 4. The Kier molecular flexibility index (Phi) is 19.0. The van der Waals surface area contributed by atoms with Gasteiger partial charge in [-0.25, -0.2) is 0 Å². The molecule has 0 saturated carbocycles. The normalized spacial score (nSPS) is 5.33. The van der Waals surface area contributed by atoms with Gasteiger partial charge in [-0.15, -0.1) is 0 Å². The molecule has 0 fully saturated rings. The number of carbonyl (C=O) groups is 2. The summed E-state index contributed by atoms with van der Waals surface area (Å²) >= 11 is 0. The molecule has 7 heteroatoms. The molecule has 0 unspecified atom stereocenters. The van der Waals surface area contributed by atoms with Gasteiger partial charge in [0, 0.05) is 0 Å². The molecule has 0 aliphatic carbocycles. The second-order valence-electron chi connectivity index (χ2n) is 0.500. The molecule has 0 amide bonds. The van der Waals surface area contributed by atoms with Crippen molar-refractivity contribution in [3.8, 4) is 0 Å². The van der Waals surface area contributed by atoms with Crippen LogP contribution in [0.3, 0.4) is 0 Å². The Balaban J connectivity index is -0.0000000171. The Morgan fingerprint density at radius 1 is 0.889 bits per heavy atom. The summed E-state index contributed by atoms with van der Waals surface area (Å²) in [5.74, 6) is 0. The van der Waals surface area contributed by atoms with Crippen molar-refractivity contribution in [1.82, 2.24) is 0 Å². The number of carbonyl (C=O) groups excluding carboxylic acids is 2. The molecular formula is C2H2CaO6. The van der Waals surface area contributed by atoms with Crippen molar-refractivity contribution in [2.24, 2.45) is 0 Å². The molecule has 0 atom stereocenters. The molecule has 0 rings (SSSR count). The fraction of sp³-hybridized carbons (Fsp3) is 0. The van der Waals surface area contributed by atoms with Crippen LogP contribution in [-0.4, -0.2) is 50.0 Å². The van der Waals surface area contributed by atoms with Gasteiger partial charge in [-0.05, 0) is 12.3 Å². The summed E-state index contributed by atoms with van der Waals surface area (Å²) in [6.45, 7) is 0. The average molecular weight is 164 g/mol. The van der Waals surface area contributed by atoms with Gasteiger partial charge in [-0.2, -0.15) is 0 Å². The van der Waals surface area contributed by atoms with Gasteiger partial charge in [0.25, 0.3) is 0 Å². The zero-order valence-corrected chi connectivity index (χ0v) is 6.36. The van der Waals surface area contributed by atoms with Crippen LogP contribution >= 0.6 is 0 Å². The summed E-state index contributed by atoms with van der Waals surface area (Å²) in [7, 11) is 0. The van der Waals surface area contributed by atoms with Crippen molar-refractivity contribution >= 4 is 50.0 Å². The smallest absolute Gasteiger partial charge is 0.652 e. The predicted octanol–water partition coefficient (Wildman–Crippen LogP) is -5.05. The van der Waals surface area contributed by atoms with E-state index in [0.717, 1.165) is 0 Å². The first kappa shape index (κ1) is 15.9. The predicted molar refractivity (Wildman–Crippen MR) is 18.8 cm³/mol. The Morgan fingerprint density at radius 2 is 0.889 bits per heavy atom. The van der Waals surface area contributed by atoms with E-state index in [1.165, 1.54) is 0 Å². The number of hydrogen-bond donors (Lipinski definition) is 0. The molecule has 0 spiro atoms. The topological polar surface area (TPSA) is 126 Å². The van der Waals surface area contributed by atoms with E-state index in [1.54, 1.807) is 0 Å². The van der Waals surface area contributed by atoms with Crippen LogP contribution in [0.2, 0.25) is 0 Å². The largest absolute Gasteiger partial charge is 2.00 e. The summed E-state index contributed by atoms with van der Waals surface area (Å²) in [4.78, 5) is 16.7. The summed E-state index contributed by atoms with van der Waals surface area (Å²) in [5.41, 5.74) is 0. The fourth-order valence-electron chi connectivity index (χ4n) is 0. The maximum atomic E-state index is 8.33. The number of hydrogen-bond acceptors (Lipinski definition) is 6. The standard InChI is InChI=1S/2CH2O3.Ca/c2*2-1(3)4;/h2*(H2,2,3,4);/q;;+2/p-2/i/hD2. The molecule has 0 N–H and O–H groups in total. The summed E-state index contributed by atoms with van der Waals surface area (Å²) < 4.78 is 0. The van der Waals surface area contributed by atoms with Crippen LogP contribution in [0.1, 0.15) is 2.85 Å². The maximum Gasteiger partial charge on any atom is 2.00 e.